The monoisotopic (exact) mass is 444 g/mol. The minimum Gasteiger partial charge on any atom is -0.490 e. The van der Waals surface area contributed by atoms with Gasteiger partial charge in [-0.25, -0.2) is 8.78 Å². The first-order chi connectivity index (χ1) is 15.0. The summed E-state index contributed by atoms with van der Waals surface area (Å²) in [7, 11) is 2.05. The highest BCUT2D eigenvalue weighted by atomic mass is 35.5. The van der Waals surface area contributed by atoms with Crippen LogP contribution in [0.3, 0.4) is 0 Å². The molecule has 1 aromatic heterocycles. The van der Waals surface area contributed by atoms with Gasteiger partial charge in [0.15, 0.2) is 0 Å². The van der Waals surface area contributed by atoms with Crippen LogP contribution in [0.15, 0.2) is 39.5 Å². The van der Waals surface area contributed by atoms with E-state index in [-0.39, 0.29) is 17.8 Å². The summed E-state index contributed by atoms with van der Waals surface area (Å²) in [6.07, 6.45) is 7.21. The zero-order valence-electron chi connectivity index (χ0n) is 17.2. The number of aromatic nitrogens is 1. The van der Waals surface area contributed by atoms with Gasteiger partial charge in [0.25, 0.3) is 0 Å². The number of aromatic amines is 1. The summed E-state index contributed by atoms with van der Waals surface area (Å²) < 4.78 is 32.7. The lowest BCUT2D eigenvalue weighted by molar-refractivity contribution is 0.141. The Morgan fingerprint density at radius 3 is 2.61 bits per heavy atom. The maximum absolute atomic E-state index is 13.4. The summed E-state index contributed by atoms with van der Waals surface area (Å²) in [5, 5.41) is 11.7. The molecule has 1 aliphatic carbocycles. The van der Waals surface area contributed by atoms with Gasteiger partial charge in [-0.1, -0.05) is 11.6 Å². The molecular weight excluding hydrogens is 422 g/mol. The van der Waals surface area contributed by atoms with Crippen molar-refractivity contribution in [1.82, 2.24) is 4.98 Å². The van der Waals surface area contributed by atoms with Crippen molar-refractivity contribution in [1.29, 1.82) is 0 Å². The van der Waals surface area contributed by atoms with Crippen LogP contribution in [-0.2, 0) is 6.54 Å². The molecule has 1 N–H and O–H groups in total. The smallest absolute Gasteiger partial charge is 0.129 e. The Bertz CT molecular complexity index is 1170. The van der Waals surface area contributed by atoms with Crippen LogP contribution in [0.2, 0.25) is 0 Å². The molecule has 2 aromatic rings. The highest BCUT2D eigenvalue weighted by Crippen LogP contribution is 2.35. The van der Waals surface area contributed by atoms with E-state index in [1.807, 2.05) is 12.2 Å². The molecule has 8 heteroatoms. The van der Waals surface area contributed by atoms with Crippen LogP contribution in [0.5, 0.6) is 5.75 Å². The van der Waals surface area contributed by atoms with Gasteiger partial charge in [0, 0.05) is 48.3 Å². The van der Waals surface area contributed by atoms with Crippen LogP contribution in [0, 0.1) is 17.6 Å². The number of rotatable bonds is 3. The third kappa shape index (κ3) is 3.99. The fourth-order valence-corrected chi connectivity index (χ4v) is 4.91. The number of benzene rings is 1. The van der Waals surface area contributed by atoms with Gasteiger partial charge < -0.3 is 14.6 Å². The molecule has 0 spiro atoms. The van der Waals surface area contributed by atoms with Gasteiger partial charge >= 0.3 is 0 Å². The van der Waals surface area contributed by atoms with Crippen LogP contribution in [0.25, 0.3) is 11.8 Å². The lowest BCUT2D eigenvalue weighted by Crippen LogP contribution is -2.28. The Morgan fingerprint density at radius 2 is 1.87 bits per heavy atom. The number of fused-ring (bicyclic) bond motifs is 3. The van der Waals surface area contributed by atoms with Crippen molar-refractivity contribution in [3.8, 4) is 5.75 Å². The van der Waals surface area contributed by atoms with Gasteiger partial charge in [-0.15, -0.1) is 0 Å². The third-order valence-electron chi connectivity index (χ3n) is 6.19. The number of allylic oxidation sites excluding steroid dienone is 1. The Kier molecular flexibility index (Phi) is 5.30. The number of nitrogens with zero attached hydrogens (tertiary/aromatic N) is 3. The summed E-state index contributed by atoms with van der Waals surface area (Å²) >= 11 is 6.31. The zero-order valence-corrected chi connectivity index (χ0v) is 17.9. The number of nitrogens with one attached hydrogen (secondary N) is 1. The van der Waals surface area contributed by atoms with E-state index in [0.29, 0.717) is 11.6 Å². The summed E-state index contributed by atoms with van der Waals surface area (Å²) in [6, 6.07) is 3.30. The van der Waals surface area contributed by atoms with Crippen LogP contribution in [0.1, 0.15) is 31.2 Å². The van der Waals surface area contributed by atoms with Crippen LogP contribution < -0.4 is 20.3 Å². The Labute approximate surface area is 183 Å². The summed E-state index contributed by atoms with van der Waals surface area (Å²) in [5.74, 6) is -0.759. The highest BCUT2D eigenvalue weighted by Gasteiger charge is 2.29. The molecule has 0 amide bonds. The molecule has 2 aliphatic heterocycles. The normalized spacial score (nSPS) is 22.9. The topological polar surface area (TPSA) is 53.0 Å². The average Bonchev–Trinajstić information content (AvgIpc) is 3.03. The predicted molar refractivity (Wildman–Crippen MR) is 116 cm³/mol. The molecule has 3 heterocycles. The highest BCUT2D eigenvalue weighted by molar-refractivity contribution is 6.34. The number of hydrogen-bond donors (Lipinski definition) is 1. The fourth-order valence-electron chi connectivity index (χ4n) is 4.74. The molecule has 5 nitrogen and oxygen atoms in total. The molecular formula is C23H23ClF2N4O. The maximum Gasteiger partial charge on any atom is 0.129 e. The molecule has 31 heavy (non-hydrogen) atoms. The number of halogens is 3. The van der Waals surface area contributed by atoms with E-state index in [9.17, 15) is 8.78 Å². The second-order valence-electron chi connectivity index (χ2n) is 8.34. The van der Waals surface area contributed by atoms with Crippen LogP contribution in [0.4, 0.5) is 14.5 Å². The maximum atomic E-state index is 13.4. The van der Waals surface area contributed by atoms with E-state index in [1.165, 1.54) is 12.1 Å². The molecule has 3 aliphatic rings. The fraction of sp³-hybridized carbons (Fsp3) is 0.391. The van der Waals surface area contributed by atoms with E-state index < -0.39 is 11.6 Å². The number of azo groups is 1. The van der Waals surface area contributed by atoms with Crippen LogP contribution in [-0.4, -0.2) is 24.7 Å². The number of likely N-dealkylation sites (N-methyl/N-ethyl adjacent to an activating group) is 1. The third-order valence-corrected chi connectivity index (χ3v) is 6.45. The first-order valence-electron chi connectivity index (χ1n) is 10.5. The van der Waals surface area contributed by atoms with Gasteiger partial charge in [0.05, 0.1) is 34.7 Å². The van der Waals surface area contributed by atoms with Crippen molar-refractivity contribution in [2.75, 3.05) is 18.5 Å². The van der Waals surface area contributed by atoms with Gasteiger partial charge in [-0.3, -0.25) is 0 Å². The predicted octanol–water partition coefficient (Wildman–Crippen LogP) is 4.36. The van der Waals surface area contributed by atoms with Gasteiger partial charge in [-0.2, -0.15) is 10.2 Å². The molecule has 0 atom stereocenters. The number of hydrogen-bond acceptors (Lipinski definition) is 4. The molecule has 1 saturated carbocycles. The standard InChI is InChI=1S/C23H23ClF2N4O/c1-30-7-6-14(24)8-20-23(30)19-12-27-29-21(22(19)28-20)13-2-4-17(5-3-13)31-18-10-15(25)9-16(26)11-18/h6,8-11,13,17,28H,2-5,7,12H2,1H3/t13-,17-. The Balaban J connectivity index is 1.39. The molecule has 5 rings (SSSR count). The van der Waals surface area contributed by atoms with E-state index in [2.05, 4.69) is 27.2 Å². The van der Waals surface area contributed by atoms with Crippen molar-refractivity contribution in [3.05, 3.63) is 57.2 Å². The van der Waals surface area contributed by atoms with E-state index in [0.717, 1.165) is 65.9 Å². The molecule has 0 unspecified atom stereocenters. The molecule has 0 radical (unpaired) electrons. The molecule has 0 saturated heterocycles. The minimum absolute atomic E-state index is 0.0678. The van der Waals surface area contributed by atoms with Crippen molar-refractivity contribution in [2.45, 2.75) is 38.3 Å². The molecule has 1 aromatic carbocycles. The van der Waals surface area contributed by atoms with Crippen molar-refractivity contribution < 1.29 is 13.5 Å². The minimum atomic E-state index is -0.627. The van der Waals surface area contributed by atoms with Crippen molar-refractivity contribution in [3.63, 3.8) is 0 Å². The van der Waals surface area contributed by atoms with Gasteiger partial charge in [0.2, 0.25) is 0 Å². The average molecular weight is 445 g/mol. The van der Waals surface area contributed by atoms with Gasteiger partial charge in [-0.05, 0) is 37.8 Å². The van der Waals surface area contributed by atoms with E-state index >= 15 is 0 Å². The number of H-pyrrole nitrogens is 1. The van der Waals surface area contributed by atoms with Crippen molar-refractivity contribution >= 4 is 29.1 Å². The van der Waals surface area contributed by atoms with Crippen LogP contribution >= 0.6 is 11.6 Å². The zero-order chi connectivity index (χ0) is 21.5. The van der Waals surface area contributed by atoms with E-state index in [4.69, 9.17) is 16.3 Å². The summed E-state index contributed by atoms with van der Waals surface area (Å²) in [4.78, 5) is 5.72. The van der Waals surface area contributed by atoms with E-state index in [1.54, 1.807) is 0 Å². The Hall–Kier alpha value is -2.67. The molecule has 162 valence electrons. The molecule has 0 bridgehead atoms. The second-order valence-corrected chi connectivity index (χ2v) is 8.77. The first kappa shape index (κ1) is 20.2. The molecule has 1 fully saturated rings. The lowest BCUT2D eigenvalue weighted by atomic mass is 9.84. The SMILES string of the molecule is CN1CC=C(Cl)C=c2[nH]c3c(c21)CN=NC=3[C@H]1CC[C@H](Oc2cc(F)cc(F)c2)CC1. The second kappa shape index (κ2) is 8.11. The lowest BCUT2D eigenvalue weighted by Gasteiger charge is -2.29. The largest absolute Gasteiger partial charge is 0.490 e. The number of anilines is 1. The Morgan fingerprint density at radius 1 is 1.13 bits per heavy atom. The van der Waals surface area contributed by atoms with Crippen molar-refractivity contribution in [2.24, 2.45) is 16.1 Å². The number of ether oxygens (including phenoxy) is 1. The quantitative estimate of drug-likeness (QED) is 0.764. The van der Waals surface area contributed by atoms with Gasteiger partial charge in [0.1, 0.15) is 17.4 Å². The summed E-state index contributed by atoms with van der Waals surface area (Å²) in [5.41, 5.74) is 3.27. The first-order valence-corrected chi connectivity index (χ1v) is 10.9. The summed E-state index contributed by atoms with van der Waals surface area (Å²) in [6.45, 7) is 1.28.